The fourth-order valence-corrected chi connectivity index (χ4v) is 9.93. The van der Waals surface area contributed by atoms with Crippen LogP contribution in [0.3, 0.4) is 0 Å². The summed E-state index contributed by atoms with van der Waals surface area (Å²) in [4.78, 5) is 56.9. The first-order valence-electron chi connectivity index (χ1n) is 22.0. The Morgan fingerprint density at radius 2 is 0.371 bits per heavy atom. The molecular formula is C54H36AuCl3N12. The van der Waals surface area contributed by atoms with E-state index >= 15 is 0 Å². The molecule has 0 fully saturated rings. The summed E-state index contributed by atoms with van der Waals surface area (Å²) in [7, 11) is 0. The molecule has 0 amide bonds. The minimum atomic E-state index is -0.0182. The van der Waals surface area contributed by atoms with Crippen molar-refractivity contribution in [2.75, 3.05) is 0 Å². The van der Waals surface area contributed by atoms with Crippen LogP contribution in [0.1, 0.15) is 69.6 Å². The topological polar surface area (TPSA) is 152 Å². The maximum Gasteiger partial charge on any atom is 3.00 e. The monoisotopic (exact) mass is 1150 g/mol. The predicted octanol–water partition coefficient (Wildman–Crippen LogP) is -2.41. The van der Waals surface area contributed by atoms with Gasteiger partial charge in [-0.1, -0.05) is 72.8 Å². The van der Waals surface area contributed by atoms with Crippen molar-refractivity contribution >= 4 is 0 Å². The van der Waals surface area contributed by atoms with Gasteiger partial charge in [0.05, 0.1) is 66.3 Å². The molecule has 3 aromatic carbocycles. The number of nitrogens with zero attached hydrogens (tertiary/aromatic N) is 12. The van der Waals surface area contributed by atoms with E-state index in [1.807, 2.05) is 146 Å². The molecule has 9 heterocycles. The molecule has 70 heavy (non-hydrogen) atoms. The molecule has 3 aliphatic heterocycles. The van der Waals surface area contributed by atoms with Gasteiger partial charge in [-0.05, 0) is 72.8 Å². The van der Waals surface area contributed by atoms with Gasteiger partial charge in [-0.3, -0.25) is 59.9 Å². The summed E-state index contributed by atoms with van der Waals surface area (Å²) in [5, 5.41) is 5.70. The van der Waals surface area contributed by atoms with Gasteiger partial charge in [-0.25, -0.2) is 0 Å². The Labute approximate surface area is 435 Å². The third kappa shape index (κ3) is 8.16. The van der Waals surface area contributed by atoms with Crippen molar-refractivity contribution in [3.63, 3.8) is 0 Å². The van der Waals surface area contributed by atoms with E-state index in [4.69, 9.17) is 30.0 Å². The van der Waals surface area contributed by atoms with E-state index in [9.17, 15) is 0 Å². The molecule has 0 saturated heterocycles. The maximum absolute atomic E-state index is 4.95. The van der Waals surface area contributed by atoms with Crippen LogP contribution < -0.4 is 69.4 Å². The molecular weight excluding hydrogens is 1120 g/mol. The Bertz CT molecular complexity index is 3200. The van der Waals surface area contributed by atoms with Gasteiger partial charge in [-0.2, -0.15) is 0 Å². The van der Waals surface area contributed by atoms with E-state index in [1.165, 1.54) is 0 Å². The molecule has 3 aliphatic carbocycles. The molecule has 6 atom stereocenters. The van der Waals surface area contributed by atoms with Crippen molar-refractivity contribution in [2.45, 2.75) is 36.3 Å². The van der Waals surface area contributed by atoms with Gasteiger partial charge in [0, 0.05) is 70.6 Å². The molecule has 0 bridgehead atoms. The van der Waals surface area contributed by atoms with Gasteiger partial charge in [-0.15, -0.1) is 0 Å². The summed E-state index contributed by atoms with van der Waals surface area (Å²) >= 11 is 0. The first kappa shape index (κ1) is 48.0. The Morgan fingerprint density at radius 3 is 0.529 bits per heavy atom. The summed E-state index contributed by atoms with van der Waals surface area (Å²) in [6, 6.07) is 48.3. The summed E-state index contributed by atoms with van der Waals surface area (Å²) in [5.74, 6) is 0. The molecule has 6 aliphatic rings. The van der Waals surface area contributed by atoms with E-state index in [2.05, 4.69) is 66.3 Å². The number of rotatable bonds is 0. The van der Waals surface area contributed by atoms with Crippen LogP contribution >= 0.6 is 0 Å². The van der Waals surface area contributed by atoms with E-state index < -0.39 is 0 Å². The first-order valence-corrected chi connectivity index (χ1v) is 22.0. The smallest absolute Gasteiger partial charge is 1.00 e. The van der Waals surface area contributed by atoms with Crippen molar-refractivity contribution in [3.05, 3.63) is 248 Å². The van der Waals surface area contributed by atoms with Gasteiger partial charge < -0.3 is 37.2 Å². The molecule has 0 spiro atoms. The largest absolute Gasteiger partial charge is 3.00 e. The molecule has 0 radical (unpaired) electrons. The molecule has 0 saturated carbocycles. The first-order chi connectivity index (χ1) is 32.7. The zero-order valence-electron chi connectivity index (χ0n) is 36.6. The average Bonchev–Trinajstić information content (AvgIpc) is 3.40. The second-order valence-corrected chi connectivity index (χ2v) is 16.6. The molecule has 12 nitrogen and oxygen atoms in total. The van der Waals surface area contributed by atoms with Crippen molar-refractivity contribution in [3.8, 4) is 34.2 Å². The van der Waals surface area contributed by atoms with E-state index in [0.29, 0.717) is 0 Å². The van der Waals surface area contributed by atoms with Gasteiger partial charge >= 0.3 is 22.4 Å². The third-order valence-corrected chi connectivity index (χ3v) is 12.8. The molecule has 16 heteroatoms. The number of para-hydroxylation sites is 6. The Morgan fingerprint density at radius 1 is 0.214 bits per heavy atom. The predicted molar refractivity (Wildman–Crippen MR) is 245 cm³/mol. The fourth-order valence-electron chi connectivity index (χ4n) is 9.93. The normalized spacial score (nSPS) is 19.4. The van der Waals surface area contributed by atoms with Crippen molar-refractivity contribution in [1.82, 2.24) is 29.9 Å². The third-order valence-electron chi connectivity index (χ3n) is 12.8. The zero-order chi connectivity index (χ0) is 43.6. The number of fused-ring (bicyclic) bond motifs is 21. The van der Waals surface area contributed by atoms with Crippen LogP contribution in [0.4, 0.5) is 0 Å². The molecule has 344 valence electrons. The SMILES string of the molecule is [Au+3].[Cl-].[Cl-].[Cl-].c1cnc2c(c1)C1N=c3ccccc3=NC1c1cccnc1-2.c1cnc2c(c1)C1N=c3ccccc3=NC1c1cccnc1-2.c1cnc2c(c1)C1N=c3ccccc3=NC1c1cccnc1-2. The summed E-state index contributed by atoms with van der Waals surface area (Å²) < 4.78 is 0. The molecule has 6 aromatic heterocycles. The van der Waals surface area contributed by atoms with Gasteiger partial charge in [0.1, 0.15) is 36.3 Å². The molecule has 15 rings (SSSR count). The second kappa shape index (κ2) is 20.1. The van der Waals surface area contributed by atoms with Crippen molar-refractivity contribution < 1.29 is 59.6 Å². The van der Waals surface area contributed by atoms with Crippen molar-refractivity contribution in [1.29, 1.82) is 0 Å². The van der Waals surface area contributed by atoms with Crippen LogP contribution in [0.5, 0.6) is 0 Å². The summed E-state index contributed by atoms with van der Waals surface area (Å²) in [6.45, 7) is 0. The number of hydrogen-bond donors (Lipinski definition) is 0. The van der Waals surface area contributed by atoms with Gasteiger partial charge in [0.25, 0.3) is 0 Å². The second-order valence-electron chi connectivity index (χ2n) is 16.6. The Hall–Kier alpha value is -7.03. The van der Waals surface area contributed by atoms with E-state index in [1.54, 1.807) is 0 Å². The maximum atomic E-state index is 4.95. The summed E-state index contributed by atoms with van der Waals surface area (Å²) in [6.07, 6.45) is 10.9. The number of hydrogen-bond acceptors (Lipinski definition) is 12. The minimum Gasteiger partial charge on any atom is -1.00 e. The van der Waals surface area contributed by atoms with Crippen LogP contribution in [-0.4, -0.2) is 29.9 Å². The Balaban J connectivity index is 0.000000127. The van der Waals surface area contributed by atoms with Crippen LogP contribution in [0, 0.1) is 0 Å². The number of halogens is 3. The molecule has 9 aromatic rings. The molecule has 0 N–H and O–H groups in total. The average molecular weight is 1160 g/mol. The fraction of sp³-hybridized carbons (Fsp3) is 0.111. The van der Waals surface area contributed by atoms with Crippen LogP contribution in [0.25, 0.3) is 34.2 Å². The Kier molecular flexibility index (Phi) is 13.8. The number of benzene rings is 3. The standard InChI is InChI=1S/3C18H12N4.Au.3ClH/c3*1-2-8-14-13(7-1)21-17-11-5-3-9-19-15(11)16-12(18(17)22-14)6-4-10-20-16;;;;/h3*1-10,17-18H;;3*1H/q;;;+3;;;/p-3. The van der Waals surface area contributed by atoms with Crippen LogP contribution in [-0.2, 0) is 22.4 Å². The zero-order valence-corrected chi connectivity index (χ0v) is 41.0. The van der Waals surface area contributed by atoms with Crippen LogP contribution in [0.15, 0.2) is 213 Å². The minimum absolute atomic E-state index is 0. The summed E-state index contributed by atoms with van der Waals surface area (Å²) in [5.41, 5.74) is 12.2. The number of pyridine rings is 6. The van der Waals surface area contributed by atoms with Crippen molar-refractivity contribution in [2.24, 2.45) is 30.0 Å². The quantitative estimate of drug-likeness (QED) is 0.155. The van der Waals surface area contributed by atoms with E-state index in [0.717, 1.165) is 99.7 Å². The van der Waals surface area contributed by atoms with E-state index in [-0.39, 0.29) is 95.9 Å². The number of aromatic nitrogens is 6. The molecule has 6 unspecified atom stereocenters. The van der Waals surface area contributed by atoms with Gasteiger partial charge in [0.2, 0.25) is 0 Å². The van der Waals surface area contributed by atoms with Gasteiger partial charge in [0.15, 0.2) is 0 Å². The van der Waals surface area contributed by atoms with Crippen LogP contribution in [0.2, 0.25) is 0 Å².